The summed E-state index contributed by atoms with van der Waals surface area (Å²) in [4.78, 5) is 9.03. The zero-order valence-electron chi connectivity index (χ0n) is 14.5. The first-order valence-electron chi connectivity index (χ1n) is 8.55. The molecule has 0 bridgehead atoms. The number of halogens is 4. The van der Waals surface area contributed by atoms with Crippen LogP contribution >= 0.6 is 15.9 Å². The van der Waals surface area contributed by atoms with Crippen LogP contribution in [0.5, 0.6) is 0 Å². The Hall–Kier alpha value is -1.83. The maximum atomic E-state index is 12.8. The van der Waals surface area contributed by atoms with E-state index in [0.29, 0.717) is 27.8 Å². The number of anilines is 3. The number of hydrogen-bond acceptors (Lipinski definition) is 4. The highest BCUT2D eigenvalue weighted by atomic mass is 79.9. The van der Waals surface area contributed by atoms with Crippen molar-refractivity contribution in [3.63, 3.8) is 0 Å². The van der Waals surface area contributed by atoms with Gasteiger partial charge in [0, 0.05) is 22.5 Å². The predicted octanol–water partition coefficient (Wildman–Crippen LogP) is 6.09. The Balaban J connectivity index is 1.87. The van der Waals surface area contributed by atoms with Crippen LogP contribution < -0.4 is 10.6 Å². The van der Waals surface area contributed by atoms with Crippen LogP contribution in [0.3, 0.4) is 0 Å². The van der Waals surface area contributed by atoms with E-state index in [1.54, 1.807) is 0 Å². The van der Waals surface area contributed by atoms with E-state index in [-0.39, 0.29) is 6.04 Å². The quantitative estimate of drug-likeness (QED) is 0.584. The Labute approximate surface area is 158 Å². The lowest BCUT2D eigenvalue weighted by Gasteiger charge is -2.15. The first-order valence-corrected chi connectivity index (χ1v) is 9.35. The summed E-state index contributed by atoms with van der Waals surface area (Å²) in [6.45, 7) is 4.12. The third kappa shape index (κ3) is 4.66. The Morgan fingerprint density at radius 3 is 2.54 bits per heavy atom. The highest BCUT2D eigenvalue weighted by molar-refractivity contribution is 9.10. The van der Waals surface area contributed by atoms with Gasteiger partial charge in [-0.1, -0.05) is 6.92 Å². The smallest absolute Gasteiger partial charge is 0.352 e. The minimum atomic E-state index is -4.37. The molecule has 3 rings (SSSR count). The normalized spacial score (nSPS) is 15.6. The van der Waals surface area contributed by atoms with E-state index < -0.39 is 11.7 Å². The van der Waals surface area contributed by atoms with Crippen LogP contribution in [0.15, 0.2) is 28.7 Å². The SMILES string of the molecule is CC[C@@H](C)Nc1nc(Nc2ccc(C(F)(F)F)cc2Br)cc(C2CC2)n1. The molecule has 2 N–H and O–H groups in total. The number of rotatable bonds is 6. The van der Waals surface area contributed by atoms with E-state index in [0.717, 1.165) is 37.1 Å². The Bertz CT molecular complexity index is 790. The third-order valence-corrected chi connectivity index (χ3v) is 4.94. The van der Waals surface area contributed by atoms with E-state index in [2.05, 4.69) is 43.5 Å². The second-order valence-corrected chi connectivity index (χ2v) is 7.40. The number of nitrogens with one attached hydrogen (secondary N) is 2. The number of benzene rings is 1. The molecule has 1 heterocycles. The van der Waals surface area contributed by atoms with Gasteiger partial charge in [-0.15, -0.1) is 0 Å². The standard InChI is InChI=1S/C18H20BrF3N4/c1-3-10(2)23-17-25-15(11-4-5-11)9-16(26-17)24-14-7-6-12(8-13(14)19)18(20,21)22/h6-11H,3-5H2,1-2H3,(H2,23,24,25,26)/t10-/m1/s1. The van der Waals surface area contributed by atoms with Crippen LogP contribution in [0.25, 0.3) is 0 Å². The molecule has 26 heavy (non-hydrogen) atoms. The van der Waals surface area contributed by atoms with Gasteiger partial charge < -0.3 is 10.6 Å². The largest absolute Gasteiger partial charge is 0.416 e. The molecule has 2 aromatic rings. The minimum Gasteiger partial charge on any atom is -0.352 e. The maximum absolute atomic E-state index is 12.8. The second kappa shape index (κ2) is 7.42. The number of alkyl halides is 3. The first-order chi connectivity index (χ1) is 12.3. The summed E-state index contributed by atoms with van der Waals surface area (Å²) in [6, 6.07) is 5.60. The lowest BCUT2D eigenvalue weighted by atomic mass is 10.2. The van der Waals surface area contributed by atoms with Gasteiger partial charge in [0.05, 0.1) is 16.9 Å². The molecule has 1 aromatic carbocycles. The predicted molar refractivity (Wildman–Crippen MR) is 99.8 cm³/mol. The van der Waals surface area contributed by atoms with Crippen LogP contribution in [-0.4, -0.2) is 16.0 Å². The highest BCUT2D eigenvalue weighted by Gasteiger charge is 2.31. The molecule has 1 fully saturated rings. The summed E-state index contributed by atoms with van der Waals surface area (Å²) >= 11 is 3.21. The summed E-state index contributed by atoms with van der Waals surface area (Å²) in [7, 11) is 0. The Morgan fingerprint density at radius 2 is 1.96 bits per heavy atom. The average Bonchev–Trinajstić information content (AvgIpc) is 3.40. The molecule has 8 heteroatoms. The van der Waals surface area contributed by atoms with E-state index >= 15 is 0 Å². The molecular formula is C18H20BrF3N4. The van der Waals surface area contributed by atoms with Crippen LogP contribution in [0.1, 0.15) is 50.3 Å². The van der Waals surface area contributed by atoms with Gasteiger partial charge in [-0.3, -0.25) is 0 Å². The van der Waals surface area contributed by atoms with Gasteiger partial charge in [0.25, 0.3) is 0 Å². The fraction of sp³-hybridized carbons (Fsp3) is 0.444. The molecule has 140 valence electrons. The van der Waals surface area contributed by atoms with Crippen molar-refractivity contribution in [1.82, 2.24) is 9.97 Å². The number of hydrogen-bond donors (Lipinski definition) is 2. The molecule has 0 saturated heterocycles. The van der Waals surface area contributed by atoms with Crippen molar-refractivity contribution >= 4 is 33.4 Å². The molecule has 0 spiro atoms. The molecule has 1 atom stereocenters. The van der Waals surface area contributed by atoms with Crippen molar-refractivity contribution in [2.45, 2.75) is 51.2 Å². The van der Waals surface area contributed by atoms with Gasteiger partial charge in [0.2, 0.25) is 5.95 Å². The van der Waals surface area contributed by atoms with Gasteiger partial charge in [-0.25, -0.2) is 4.98 Å². The second-order valence-electron chi connectivity index (χ2n) is 6.55. The molecule has 1 aliphatic rings. The van der Waals surface area contributed by atoms with Crippen molar-refractivity contribution in [2.75, 3.05) is 10.6 Å². The summed E-state index contributed by atoms with van der Waals surface area (Å²) in [6.07, 6.45) is -1.24. The van der Waals surface area contributed by atoms with E-state index in [9.17, 15) is 13.2 Å². The minimum absolute atomic E-state index is 0.232. The molecule has 0 radical (unpaired) electrons. The van der Waals surface area contributed by atoms with Crippen molar-refractivity contribution < 1.29 is 13.2 Å². The summed E-state index contributed by atoms with van der Waals surface area (Å²) in [5.74, 6) is 1.54. The molecule has 0 unspecified atom stereocenters. The van der Waals surface area contributed by atoms with Gasteiger partial charge in [0.1, 0.15) is 5.82 Å². The van der Waals surface area contributed by atoms with Gasteiger partial charge >= 0.3 is 6.18 Å². The van der Waals surface area contributed by atoms with E-state index in [1.807, 2.05) is 13.0 Å². The first kappa shape index (κ1) is 18.9. The third-order valence-electron chi connectivity index (χ3n) is 4.29. The molecule has 1 saturated carbocycles. The van der Waals surface area contributed by atoms with Crippen LogP contribution in [0.4, 0.5) is 30.6 Å². The fourth-order valence-electron chi connectivity index (χ4n) is 2.44. The van der Waals surface area contributed by atoms with Crippen molar-refractivity contribution in [2.24, 2.45) is 0 Å². The van der Waals surface area contributed by atoms with Gasteiger partial charge in [0.15, 0.2) is 0 Å². The van der Waals surface area contributed by atoms with E-state index in [1.165, 1.54) is 6.07 Å². The summed E-state index contributed by atoms with van der Waals surface area (Å²) < 4.78 is 38.8. The van der Waals surface area contributed by atoms with Gasteiger partial charge in [-0.05, 0) is 60.3 Å². The number of aromatic nitrogens is 2. The molecular weight excluding hydrogens is 409 g/mol. The monoisotopic (exact) mass is 428 g/mol. The summed E-state index contributed by atoms with van der Waals surface area (Å²) in [5, 5.41) is 6.36. The lowest BCUT2D eigenvalue weighted by molar-refractivity contribution is -0.137. The molecule has 1 aromatic heterocycles. The van der Waals surface area contributed by atoms with Crippen molar-refractivity contribution in [1.29, 1.82) is 0 Å². The molecule has 4 nitrogen and oxygen atoms in total. The highest BCUT2D eigenvalue weighted by Crippen LogP contribution is 2.40. The van der Waals surface area contributed by atoms with Crippen LogP contribution in [0.2, 0.25) is 0 Å². The van der Waals surface area contributed by atoms with Gasteiger partial charge in [-0.2, -0.15) is 18.2 Å². The molecule has 0 amide bonds. The van der Waals surface area contributed by atoms with E-state index in [4.69, 9.17) is 0 Å². The fourth-order valence-corrected chi connectivity index (χ4v) is 2.91. The average molecular weight is 429 g/mol. The zero-order valence-corrected chi connectivity index (χ0v) is 16.1. The zero-order chi connectivity index (χ0) is 18.9. The molecule has 1 aliphatic carbocycles. The van der Waals surface area contributed by atoms with Crippen LogP contribution in [-0.2, 0) is 6.18 Å². The van der Waals surface area contributed by atoms with Crippen LogP contribution in [0, 0.1) is 0 Å². The maximum Gasteiger partial charge on any atom is 0.416 e. The summed E-state index contributed by atoms with van der Waals surface area (Å²) in [5.41, 5.74) is 0.777. The number of nitrogens with zero attached hydrogens (tertiary/aromatic N) is 2. The topological polar surface area (TPSA) is 49.8 Å². The lowest BCUT2D eigenvalue weighted by Crippen LogP contribution is -2.16. The van der Waals surface area contributed by atoms with Crippen molar-refractivity contribution in [3.8, 4) is 0 Å². The Morgan fingerprint density at radius 1 is 1.23 bits per heavy atom. The molecule has 0 aliphatic heterocycles. The Kier molecular flexibility index (Phi) is 5.41. The van der Waals surface area contributed by atoms with Crippen molar-refractivity contribution in [3.05, 3.63) is 40.0 Å².